The maximum Gasteiger partial charge on any atom is 0.214 e. The molecule has 0 spiro atoms. The molecule has 30 heavy (non-hydrogen) atoms. The Hall–Kier alpha value is -2.84. The largest absolute Gasteiger partial charge is 0.324 e. The fourth-order valence-electron chi connectivity index (χ4n) is 3.79. The minimum absolute atomic E-state index is 0.149. The molecule has 0 radical (unpaired) electrons. The Morgan fingerprint density at radius 3 is 2.70 bits per heavy atom. The highest BCUT2D eigenvalue weighted by Gasteiger charge is 2.35. The second kappa shape index (κ2) is 9.32. The summed E-state index contributed by atoms with van der Waals surface area (Å²) < 4.78 is 27.7. The van der Waals surface area contributed by atoms with Crippen LogP contribution in [0.5, 0.6) is 0 Å². The van der Waals surface area contributed by atoms with E-state index in [1.165, 1.54) is 0 Å². The van der Waals surface area contributed by atoms with E-state index in [9.17, 15) is 8.42 Å². The van der Waals surface area contributed by atoms with Crippen LogP contribution in [0.3, 0.4) is 0 Å². The smallest absolute Gasteiger partial charge is 0.214 e. The zero-order chi connectivity index (χ0) is 20.8. The molecule has 1 N–H and O–H groups in total. The highest BCUT2D eigenvalue weighted by atomic mass is 32.2. The average molecular weight is 424 g/mol. The molecule has 156 valence electrons. The van der Waals surface area contributed by atoms with E-state index in [0.29, 0.717) is 24.6 Å². The molecule has 1 saturated heterocycles. The highest BCUT2D eigenvalue weighted by Crippen LogP contribution is 2.34. The Morgan fingerprint density at radius 1 is 1.03 bits per heavy atom. The first-order chi connectivity index (χ1) is 14.6. The van der Waals surface area contributed by atoms with Crippen molar-refractivity contribution in [1.29, 1.82) is 0 Å². The third kappa shape index (κ3) is 5.01. The molecule has 1 atom stereocenters. The first-order valence-electron chi connectivity index (χ1n) is 10.2. The summed E-state index contributed by atoms with van der Waals surface area (Å²) in [5, 5.41) is 3.12. The third-order valence-corrected chi connectivity index (χ3v) is 7.16. The standard InChI is InChI=1S/C22H25N5O2S/c28-30(29,16-6-9-18-7-2-1-3-8-18)27-15-5-11-20(27)19-10-4-12-21(25-19)26-22-17-23-13-14-24-22/h1-4,7-8,10,12-14,17,20H,5-6,9,11,15-16H2,(H,24,25,26). The van der Waals surface area contributed by atoms with Crippen molar-refractivity contribution < 1.29 is 8.42 Å². The Balaban J connectivity index is 1.44. The molecule has 0 aliphatic carbocycles. The molecule has 1 unspecified atom stereocenters. The zero-order valence-corrected chi connectivity index (χ0v) is 17.5. The van der Waals surface area contributed by atoms with Gasteiger partial charge in [-0.2, -0.15) is 4.31 Å². The number of aromatic nitrogens is 3. The first-order valence-corrected chi connectivity index (χ1v) is 11.8. The number of hydrogen-bond donors (Lipinski definition) is 1. The molecular weight excluding hydrogens is 398 g/mol. The van der Waals surface area contributed by atoms with Crippen LogP contribution in [0.25, 0.3) is 0 Å². The Bertz CT molecular complexity index is 1060. The maximum atomic E-state index is 13.0. The van der Waals surface area contributed by atoms with Crippen LogP contribution in [-0.2, 0) is 16.4 Å². The van der Waals surface area contributed by atoms with Gasteiger partial charge < -0.3 is 5.32 Å². The number of nitrogens with zero attached hydrogens (tertiary/aromatic N) is 4. The number of aryl methyl sites for hydroxylation is 1. The summed E-state index contributed by atoms with van der Waals surface area (Å²) in [7, 11) is -3.35. The predicted octanol–water partition coefficient (Wildman–Crippen LogP) is 3.71. The van der Waals surface area contributed by atoms with E-state index in [4.69, 9.17) is 0 Å². The molecule has 0 bridgehead atoms. The van der Waals surface area contributed by atoms with Crippen molar-refractivity contribution in [3.05, 3.63) is 78.4 Å². The van der Waals surface area contributed by atoms with Gasteiger partial charge in [0.1, 0.15) is 11.6 Å². The van der Waals surface area contributed by atoms with Crippen LogP contribution in [0.15, 0.2) is 67.1 Å². The molecule has 7 nitrogen and oxygen atoms in total. The summed E-state index contributed by atoms with van der Waals surface area (Å²) in [5.41, 5.74) is 1.92. The van der Waals surface area contributed by atoms with Crippen molar-refractivity contribution in [2.45, 2.75) is 31.7 Å². The summed E-state index contributed by atoms with van der Waals surface area (Å²) >= 11 is 0. The van der Waals surface area contributed by atoms with E-state index in [2.05, 4.69) is 20.3 Å². The Morgan fingerprint density at radius 2 is 1.90 bits per heavy atom. The van der Waals surface area contributed by atoms with Crippen LogP contribution >= 0.6 is 0 Å². The quantitative estimate of drug-likeness (QED) is 0.594. The van der Waals surface area contributed by atoms with Crippen molar-refractivity contribution in [3.63, 3.8) is 0 Å². The van der Waals surface area contributed by atoms with Gasteiger partial charge in [-0.05, 0) is 43.4 Å². The van der Waals surface area contributed by atoms with Crippen LogP contribution in [0.1, 0.15) is 36.6 Å². The van der Waals surface area contributed by atoms with Crippen molar-refractivity contribution in [2.24, 2.45) is 0 Å². The monoisotopic (exact) mass is 423 g/mol. The molecule has 4 rings (SSSR count). The first kappa shape index (κ1) is 20.4. The Kier molecular flexibility index (Phi) is 6.35. The summed E-state index contributed by atoms with van der Waals surface area (Å²) in [4.78, 5) is 12.9. The number of hydrogen-bond acceptors (Lipinski definition) is 6. The fourth-order valence-corrected chi connectivity index (χ4v) is 5.54. The molecule has 3 aromatic rings. The molecule has 1 aliphatic rings. The Labute approximate surface area is 177 Å². The summed E-state index contributed by atoms with van der Waals surface area (Å²) in [6.45, 7) is 0.543. The van der Waals surface area contributed by atoms with Crippen LogP contribution < -0.4 is 5.32 Å². The van der Waals surface area contributed by atoms with E-state index >= 15 is 0 Å². The van der Waals surface area contributed by atoms with Crippen molar-refractivity contribution in [3.8, 4) is 0 Å². The van der Waals surface area contributed by atoms with Crippen LogP contribution in [0, 0.1) is 0 Å². The van der Waals surface area contributed by atoms with Crippen LogP contribution in [0.4, 0.5) is 11.6 Å². The van der Waals surface area contributed by atoms with Gasteiger partial charge in [0.2, 0.25) is 10.0 Å². The minimum atomic E-state index is -3.35. The van der Waals surface area contributed by atoms with Gasteiger partial charge in [0.25, 0.3) is 0 Å². The third-order valence-electron chi connectivity index (χ3n) is 5.20. The lowest BCUT2D eigenvalue weighted by molar-refractivity contribution is 0.390. The van der Waals surface area contributed by atoms with Crippen LogP contribution in [-0.4, -0.2) is 40.0 Å². The molecule has 1 aromatic carbocycles. The molecule has 0 amide bonds. The van der Waals surface area contributed by atoms with E-state index < -0.39 is 10.0 Å². The zero-order valence-electron chi connectivity index (χ0n) is 16.7. The lowest BCUT2D eigenvalue weighted by Gasteiger charge is -2.24. The topological polar surface area (TPSA) is 88.1 Å². The average Bonchev–Trinajstić information content (AvgIpc) is 3.27. The number of anilines is 2. The second-order valence-corrected chi connectivity index (χ2v) is 9.38. The molecule has 3 heterocycles. The van der Waals surface area contributed by atoms with Gasteiger partial charge in [-0.25, -0.2) is 18.4 Å². The molecule has 1 aliphatic heterocycles. The molecular formula is C22H25N5O2S. The van der Waals surface area contributed by atoms with Crippen molar-refractivity contribution >= 4 is 21.7 Å². The van der Waals surface area contributed by atoms with Gasteiger partial charge in [-0.3, -0.25) is 4.98 Å². The number of rotatable bonds is 8. The van der Waals surface area contributed by atoms with Gasteiger partial charge in [0.15, 0.2) is 0 Å². The van der Waals surface area contributed by atoms with Crippen LogP contribution in [0.2, 0.25) is 0 Å². The summed E-state index contributed by atoms with van der Waals surface area (Å²) in [6.07, 6.45) is 7.81. The maximum absolute atomic E-state index is 13.0. The second-order valence-electron chi connectivity index (χ2n) is 7.34. The number of benzene rings is 1. The molecule has 1 fully saturated rings. The van der Waals surface area contributed by atoms with Gasteiger partial charge in [0, 0.05) is 18.9 Å². The number of nitrogens with one attached hydrogen (secondary N) is 1. The molecule has 0 saturated carbocycles. The van der Waals surface area contributed by atoms with Crippen molar-refractivity contribution in [1.82, 2.24) is 19.3 Å². The minimum Gasteiger partial charge on any atom is -0.324 e. The van der Waals surface area contributed by atoms with E-state index in [0.717, 1.165) is 30.5 Å². The molecule has 8 heteroatoms. The van der Waals surface area contributed by atoms with Gasteiger partial charge in [-0.15, -0.1) is 0 Å². The van der Waals surface area contributed by atoms with E-state index in [-0.39, 0.29) is 11.8 Å². The normalized spacial score (nSPS) is 17.1. The lowest BCUT2D eigenvalue weighted by atomic mass is 10.1. The van der Waals surface area contributed by atoms with Gasteiger partial charge in [-0.1, -0.05) is 36.4 Å². The number of pyridine rings is 1. The van der Waals surface area contributed by atoms with E-state index in [1.54, 1.807) is 22.9 Å². The molecule has 2 aromatic heterocycles. The summed E-state index contributed by atoms with van der Waals surface area (Å²) in [5.74, 6) is 1.37. The van der Waals surface area contributed by atoms with E-state index in [1.807, 2.05) is 48.5 Å². The number of sulfonamides is 1. The fraction of sp³-hybridized carbons (Fsp3) is 0.318. The predicted molar refractivity (Wildman–Crippen MR) is 117 cm³/mol. The lowest BCUT2D eigenvalue weighted by Crippen LogP contribution is -2.33. The highest BCUT2D eigenvalue weighted by molar-refractivity contribution is 7.89. The summed E-state index contributed by atoms with van der Waals surface area (Å²) in [6, 6.07) is 15.4. The van der Waals surface area contributed by atoms with Gasteiger partial charge in [0.05, 0.1) is 23.7 Å². The van der Waals surface area contributed by atoms with Crippen molar-refractivity contribution in [2.75, 3.05) is 17.6 Å². The van der Waals surface area contributed by atoms with Gasteiger partial charge >= 0.3 is 0 Å². The SMILES string of the molecule is O=S(=O)(CCCc1ccccc1)N1CCCC1c1cccc(Nc2cnccn2)n1.